The van der Waals surface area contributed by atoms with E-state index in [0.29, 0.717) is 16.2 Å². The molecule has 1 aromatic carbocycles. The summed E-state index contributed by atoms with van der Waals surface area (Å²) in [5.41, 5.74) is 6.57. The predicted molar refractivity (Wildman–Crippen MR) is 79.1 cm³/mol. The summed E-state index contributed by atoms with van der Waals surface area (Å²) in [6.45, 7) is 4.09. The number of nitrogen functional groups attached to an aromatic ring is 1. The fourth-order valence-electron chi connectivity index (χ4n) is 2.23. The molecule has 1 aliphatic rings. The Balaban J connectivity index is 1.95. The second-order valence-electron chi connectivity index (χ2n) is 5.28. The highest BCUT2D eigenvalue weighted by Crippen LogP contribution is 2.42. The molecule has 3 rings (SSSR count). The van der Waals surface area contributed by atoms with Crippen LogP contribution in [0.1, 0.15) is 19.4 Å². The summed E-state index contributed by atoms with van der Waals surface area (Å²) >= 11 is 3.26. The van der Waals surface area contributed by atoms with Gasteiger partial charge in [-0.15, -0.1) is 0 Å². The number of ether oxygens (including phenoxy) is 2. The molecular weight excluding hydrogens is 322 g/mol. The van der Waals surface area contributed by atoms with E-state index in [9.17, 15) is 0 Å². The molecule has 0 saturated carbocycles. The molecule has 2 N–H and O–H groups in total. The first-order valence-corrected chi connectivity index (χ1v) is 7.01. The van der Waals surface area contributed by atoms with Crippen molar-refractivity contribution in [1.82, 2.24) is 9.97 Å². The van der Waals surface area contributed by atoms with Crippen LogP contribution in [0.5, 0.6) is 17.5 Å². The number of anilines is 1. The summed E-state index contributed by atoms with van der Waals surface area (Å²) in [6.07, 6.45) is 0.848. The van der Waals surface area contributed by atoms with E-state index in [2.05, 4.69) is 25.9 Å². The molecule has 1 aromatic heterocycles. The molecule has 5 nitrogen and oxygen atoms in total. The smallest absolute Gasteiger partial charge is 0.325 e. The number of hydrogen-bond donors (Lipinski definition) is 1. The number of halogens is 1. The van der Waals surface area contributed by atoms with Crippen LogP contribution in [0.15, 0.2) is 28.9 Å². The van der Waals surface area contributed by atoms with Gasteiger partial charge in [0.05, 0.1) is 0 Å². The van der Waals surface area contributed by atoms with E-state index in [0.717, 1.165) is 17.7 Å². The molecule has 1 aliphatic heterocycles. The van der Waals surface area contributed by atoms with Crippen LogP contribution in [0.4, 0.5) is 5.82 Å². The number of nitrogens with zero attached hydrogens (tertiary/aromatic N) is 2. The Labute approximate surface area is 125 Å². The summed E-state index contributed by atoms with van der Waals surface area (Å²) in [4.78, 5) is 8.19. The SMILES string of the molecule is CC1(C)Cc2cccc(Oc3nc(N)cc(Br)n3)c2O1. The molecule has 0 saturated heterocycles. The third-order valence-corrected chi connectivity index (χ3v) is 3.36. The molecule has 0 fully saturated rings. The maximum absolute atomic E-state index is 5.93. The zero-order chi connectivity index (χ0) is 14.3. The van der Waals surface area contributed by atoms with E-state index in [1.54, 1.807) is 6.07 Å². The molecule has 0 aliphatic carbocycles. The molecule has 2 aromatic rings. The van der Waals surface area contributed by atoms with E-state index in [-0.39, 0.29) is 11.6 Å². The van der Waals surface area contributed by atoms with Crippen molar-refractivity contribution >= 4 is 21.7 Å². The van der Waals surface area contributed by atoms with Crippen LogP contribution in [0.3, 0.4) is 0 Å². The lowest BCUT2D eigenvalue weighted by Crippen LogP contribution is -2.24. The van der Waals surface area contributed by atoms with Gasteiger partial charge in [-0.3, -0.25) is 0 Å². The van der Waals surface area contributed by atoms with E-state index in [1.165, 1.54) is 0 Å². The topological polar surface area (TPSA) is 70.3 Å². The number of aromatic nitrogens is 2. The van der Waals surface area contributed by atoms with E-state index >= 15 is 0 Å². The number of benzene rings is 1. The third-order valence-electron chi connectivity index (χ3n) is 2.95. The van der Waals surface area contributed by atoms with Crippen LogP contribution in [-0.2, 0) is 6.42 Å². The van der Waals surface area contributed by atoms with E-state index in [1.807, 2.05) is 32.0 Å². The lowest BCUT2D eigenvalue weighted by atomic mass is 10.0. The van der Waals surface area contributed by atoms with Gasteiger partial charge in [0.2, 0.25) is 0 Å². The molecule has 20 heavy (non-hydrogen) atoms. The van der Waals surface area contributed by atoms with Crippen molar-refractivity contribution in [2.24, 2.45) is 0 Å². The monoisotopic (exact) mass is 335 g/mol. The molecular formula is C14H14BrN3O2. The Hall–Kier alpha value is -1.82. The summed E-state index contributed by atoms with van der Waals surface area (Å²) in [6, 6.07) is 7.61. The van der Waals surface area contributed by atoms with Crippen LogP contribution in [-0.4, -0.2) is 15.6 Å². The fourth-order valence-corrected chi connectivity index (χ4v) is 2.61. The van der Waals surface area contributed by atoms with Gasteiger partial charge in [-0.1, -0.05) is 12.1 Å². The summed E-state index contributed by atoms with van der Waals surface area (Å²) in [5.74, 6) is 1.70. The number of para-hydroxylation sites is 1. The molecule has 0 amide bonds. The molecule has 104 valence electrons. The molecule has 0 spiro atoms. The lowest BCUT2D eigenvalue weighted by Gasteiger charge is -2.17. The molecule has 0 bridgehead atoms. The third kappa shape index (κ3) is 2.56. The van der Waals surface area contributed by atoms with Crippen LogP contribution in [0, 0.1) is 0 Å². The number of nitrogens with two attached hydrogens (primary N) is 1. The Morgan fingerprint density at radius 1 is 1.35 bits per heavy atom. The average Bonchev–Trinajstić information content (AvgIpc) is 2.63. The largest absolute Gasteiger partial charge is 0.483 e. The average molecular weight is 336 g/mol. The fraction of sp³-hybridized carbons (Fsp3) is 0.286. The summed E-state index contributed by atoms with van der Waals surface area (Å²) < 4.78 is 12.2. The molecule has 2 heterocycles. The van der Waals surface area contributed by atoms with Crippen LogP contribution in [0.2, 0.25) is 0 Å². The van der Waals surface area contributed by atoms with E-state index in [4.69, 9.17) is 15.2 Å². The first-order valence-electron chi connectivity index (χ1n) is 6.22. The highest BCUT2D eigenvalue weighted by molar-refractivity contribution is 9.10. The first-order chi connectivity index (χ1) is 9.43. The zero-order valence-corrected chi connectivity index (χ0v) is 12.8. The number of fused-ring (bicyclic) bond motifs is 1. The Morgan fingerprint density at radius 2 is 2.15 bits per heavy atom. The van der Waals surface area contributed by atoms with Gasteiger partial charge in [0.1, 0.15) is 16.0 Å². The minimum absolute atomic E-state index is 0.193. The van der Waals surface area contributed by atoms with Crippen molar-refractivity contribution in [3.05, 3.63) is 34.4 Å². The van der Waals surface area contributed by atoms with Crippen LogP contribution < -0.4 is 15.2 Å². The van der Waals surface area contributed by atoms with Gasteiger partial charge >= 0.3 is 6.01 Å². The summed E-state index contributed by atoms with van der Waals surface area (Å²) in [7, 11) is 0. The van der Waals surface area contributed by atoms with Crippen LogP contribution >= 0.6 is 15.9 Å². The first kappa shape index (κ1) is 13.2. The molecule has 6 heteroatoms. The normalized spacial score (nSPS) is 15.6. The Kier molecular flexibility index (Phi) is 3.05. The van der Waals surface area contributed by atoms with Crippen molar-refractivity contribution < 1.29 is 9.47 Å². The lowest BCUT2D eigenvalue weighted by molar-refractivity contribution is 0.134. The van der Waals surface area contributed by atoms with Gasteiger partial charge in [0.15, 0.2) is 11.5 Å². The maximum Gasteiger partial charge on any atom is 0.325 e. The maximum atomic E-state index is 5.93. The number of rotatable bonds is 2. The summed E-state index contributed by atoms with van der Waals surface area (Å²) in [5, 5.41) is 0. The van der Waals surface area contributed by atoms with Gasteiger partial charge in [-0.05, 0) is 35.8 Å². The highest BCUT2D eigenvalue weighted by Gasteiger charge is 2.32. The highest BCUT2D eigenvalue weighted by atomic mass is 79.9. The van der Waals surface area contributed by atoms with Gasteiger partial charge in [0, 0.05) is 18.1 Å². The minimum atomic E-state index is -0.223. The van der Waals surface area contributed by atoms with Crippen molar-refractivity contribution in [3.63, 3.8) is 0 Å². The van der Waals surface area contributed by atoms with Crippen molar-refractivity contribution in [2.45, 2.75) is 25.9 Å². The second-order valence-corrected chi connectivity index (χ2v) is 6.10. The van der Waals surface area contributed by atoms with E-state index < -0.39 is 0 Å². The van der Waals surface area contributed by atoms with Gasteiger partial charge in [0.25, 0.3) is 0 Å². The molecule has 0 unspecified atom stereocenters. The van der Waals surface area contributed by atoms with Gasteiger partial charge in [-0.2, -0.15) is 9.97 Å². The van der Waals surface area contributed by atoms with Crippen molar-refractivity contribution in [2.75, 3.05) is 5.73 Å². The van der Waals surface area contributed by atoms with Gasteiger partial charge < -0.3 is 15.2 Å². The predicted octanol–water partition coefficient (Wildman–Crippen LogP) is 3.33. The Morgan fingerprint density at radius 3 is 2.90 bits per heavy atom. The number of hydrogen-bond acceptors (Lipinski definition) is 5. The minimum Gasteiger partial charge on any atom is -0.483 e. The van der Waals surface area contributed by atoms with Crippen molar-refractivity contribution in [1.29, 1.82) is 0 Å². The van der Waals surface area contributed by atoms with Crippen LogP contribution in [0.25, 0.3) is 0 Å². The van der Waals surface area contributed by atoms with Gasteiger partial charge in [-0.25, -0.2) is 0 Å². The zero-order valence-electron chi connectivity index (χ0n) is 11.2. The Bertz CT molecular complexity index is 653. The molecule has 0 radical (unpaired) electrons. The standard InChI is InChI=1S/C14H14BrN3O2/c1-14(2)7-8-4-3-5-9(12(8)20-14)19-13-17-10(15)6-11(16)18-13/h3-6H,7H2,1-2H3,(H2,16,17,18). The molecule has 0 atom stereocenters. The second kappa shape index (κ2) is 4.63. The van der Waals surface area contributed by atoms with Crippen molar-refractivity contribution in [3.8, 4) is 17.5 Å². The quantitative estimate of drug-likeness (QED) is 0.852.